The summed E-state index contributed by atoms with van der Waals surface area (Å²) in [4.78, 5) is 11.2. The summed E-state index contributed by atoms with van der Waals surface area (Å²) in [6.45, 7) is 1.64. The molecule has 116 valence electrons. The van der Waals surface area contributed by atoms with E-state index >= 15 is 0 Å². The summed E-state index contributed by atoms with van der Waals surface area (Å²) in [5, 5.41) is 0. The Balaban J connectivity index is 2.17. The molecule has 4 nitrogen and oxygen atoms in total. The lowest BCUT2D eigenvalue weighted by molar-refractivity contribution is -0.167. The van der Waals surface area contributed by atoms with Crippen molar-refractivity contribution >= 4 is 5.97 Å². The van der Waals surface area contributed by atoms with Crippen molar-refractivity contribution in [2.75, 3.05) is 13.7 Å². The molecule has 2 unspecified atom stereocenters. The Hall–Kier alpha value is -1.60. The monoisotopic (exact) mass is 304 g/mol. The van der Waals surface area contributed by atoms with Crippen molar-refractivity contribution in [2.24, 2.45) is 0 Å². The van der Waals surface area contributed by atoms with Gasteiger partial charge in [-0.05, 0) is 19.1 Å². The van der Waals surface area contributed by atoms with Gasteiger partial charge >= 0.3 is 12.1 Å². The number of methoxy groups -OCH3 is 1. The van der Waals surface area contributed by atoms with E-state index in [0.29, 0.717) is 0 Å². The van der Waals surface area contributed by atoms with Crippen molar-refractivity contribution in [3.8, 4) is 0 Å². The van der Waals surface area contributed by atoms with Crippen LogP contribution in [0, 0.1) is 0 Å². The van der Waals surface area contributed by atoms with E-state index < -0.39 is 29.6 Å². The summed E-state index contributed by atoms with van der Waals surface area (Å²) in [6.07, 6.45) is -4.99. The van der Waals surface area contributed by atoms with E-state index in [1.165, 1.54) is 26.2 Å². The molecule has 0 radical (unpaired) electrons. The molecule has 1 aliphatic heterocycles. The van der Waals surface area contributed by atoms with Crippen molar-refractivity contribution in [1.82, 2.24) is 0 Å². The van der Waals surface area contributed by atoms with Gasteiger partial charge in [-0.25, -0.2) is 0 Å². The molecule has 1 fully saturated rings. The number of alkyl halides is 3. The van der Waals surface area contributed by atoms with Crippen LogP contribution >= 0.6 is 0 Å². The van der Waals surface area contributed by atoms with Crippen LogP contribution in [0.4, 0.5) is 13.2 Å². The molecule has 0 N–H and O–H groups in total. The normalized spacial score (nSPS) is 25.9. The molecule has 2 atom stereocenters. The fraction of sp³-hybridized carbons (Fsp3) is 0.500. The van der Waals surface area contributed by atoms with Gasteiger partial charge in [-0.15, -0.1) is 0 Å². The summed E-state index contributed by atoms with van der Waals surface area (Å²) >= 11 is 0. The molecule has 1 aliphatic rings. The average Bonchev–Trinajstić information content (AvgIpc) is 2.80. The highest BCUT2D eigenvalue weighted by Gasteiger charge is 2.41. The summed E-state index contributed by atoms with van der Waals surface area (Å²) < 4.78 is 53.8. The van der Waals surface area contributed by atoms with Crippen molar-refractivity contribution < 1.29 is 32.2 Å². The fourth-order valence-corrected chi connectivity index (χ4v) is 2.14. The van der Waals surface area contributed by atoms with E-state index in [9.17, 15) is 18.0 Å². The zero-order chi connectivity index (χ0) is 15.7. The molecule has 0 saturated carbocycles. The second-order valence-electron chi connectivity index (χ2n) is 4.86. The third-order valence-electron chi connectivity index (χ3n) is 3.27. The fourth-order valence-electron chi connectivity index (χ4n) is 2.14. The molecule has 0 aromatic heterocycles. The summed E-state index contributed by atoms with van der Waals surface area (Å²) in [5.41, 5.74) is -0.519. The van der Waals surface area contributed by atoms with Crippen molar-refractivity contribution in [3.05, 3.63) is 35.4 Å². The molecule has 1 saturated heterocycles. The second-order valence-corrected chi connectivity index (χ2v) is 4.86. The van der Waals surface area contributed by atoms with Crippen molar-refractivity contribution in [3.63, 3.8) is 0 Å². The number of carbonyl (C=O) groups excluding carboxylic acids is 1. The van der Waals surface area contributed by atoms with E-state index in [1.807, 2.05) is 0 Å². The molecule has 1 aromatic rings. The van der Waals surface area contributed by atoms with E-state index in [0.717, 1.165) is 12.1 Å². The minimum atomic E-state index is -4.43. The largest absolute Gasteiger partial charge is 0.469 e. The zero-order valence-electron chi connectivity index (χ0n) is 11.6. The smallest absolute Gasteiger partial charge is 0.416 e. The molecule has 21 heavy (non-hydrogen) atoms. The topological polar surface area (TPSA) is 44.8 Å². The molecular weight excluding hydrogens is 289 g/mol. The van der Waals surface area contributed by atoms with Crippen LogP contribution in [0.3, 0.4) is 0 Å². The molecule has 0 aliphatic carbocycles. The number of hydrogen-bond donors (Lipinski definition) is 0. The molecule has 0 amide bonds. The predicted octanol–water partition coefficient (Wildman–Crippen LogP) is 2.86. The van der Waals surface area contributed by atoms with Crippen LogP contribution in [0.25, 0.3) is 0 Å². The lowest BCUT2D eigenvalue weighted by Crippen LogP contribution is -2.25. The van der Waals surface area contributed by atoms with Gasteiger partial charge < -0.3 is 14.2 Å². The van der Waals surface area contributed by atoms with Crippen LogP contribution in [-0.4, -0.2) is 25.8 Å². The van der Waals surface area contributed by atoms with Gasteiger partial charge in [0.05, 0.1) is 31.8 Å². The summed E-state index contributed by atoms with van der Waals surface area (Å²) in [6, 6.07) is 4.76. The Morgan fingerprint density at radius 1 is 1.48 bits per heavy atom. The van der Waals surface area contributed by atoms with E-state index in [2.05, 4.69) is 4.74 Å². The number of esters is 1. The number of ether oxygens (including phenoxy) is 3. The van der Waals surface area contributed by atoms with Crippen LogP contribution in [0.2, 0.25) is 0 Å². The minimum absolute atomic E-state index is 0.00888. The van der Waals surface area contributed by atoms with Crippen LogP contribution in [-0.2, 0) is 31.0 Å². The first-order valence-corrected chi connectivity index (χ1v) is 6.31. The Labute approximate surface area is 119 Å². The molecule has 0 spiro atoms. The molecular formula is C14H15F3O4. The second kappa shape index (κ2) is 5.65. The quantitative estimate of drug-likeness (QED) is 0.806. The van der Waals surface area contributed by atoms with Crippen LogP contribution in [0.5, 0.6) is 0 Å². The number of rotatable bonds is 3. The van der Waals surface area contributed by atoms with E-state index in [-0.39, 0.29) is 18.6 Å². The Morgan fingerprint density at radius 3 is 2.81 bits per heavy atom. The molecule has 0 bridgehead atoms. The van der Waals surface area contributed by atoms with E-state index in [4.69, 9.17) is 9.47 Å². The lowest BCUT2D eigenvalue weighted by Gasteiger charge is -2.24. The van der Waals surface area contributed by atoms with Gasteiger partial charge in [0.15, 0.2) is 5.79 Å². The van der Waals surface area contributed by atoms with Crippen LogP contribution in [0.15, 0.2) is 24.3 Å². The SMILES string of the molecule is COC(=O)CC1COC(C)(c2cccc(C(F)(F)F)c2)O1. The zero-order valence-corrected chi connectivity index (χ0v) is 11.6. The maximum Gasteiger partial charge on any atom is 0.416 e. The van der Waals surface area contributed by atoms with Crippen LogP contribution < -0.4 is 0 Å². The van der Waals surface area contributed by atoms with Crippen LogP contribution in [0.1, 0.15) is 24.5 Å². The Morgan fingerprint density at radius 2 is 2.19 bits per heavy atom. The average molecular weight is 304 g/mol. The highest BCUT2D eigenvalue weighted by molar-refractivity contribution is 5.69. The summed E-state index contributed by atoms with van der Waals surface area (Å²) in [5.74, 6) is -1.77. The van der Waals surface area contributed by atoms with Gasteiger partial charge in [0.25, 0.3) is 0 Å². The first-order chi connectivity index (χ1) is 9.74. The Kier molecular flexibility index (Phi) is 4.25. The maximum atomic E-state index is 12.7. The van der Waals surface area contributed by atoms with Gasteiger partial charge in [-0.1, -0.05) is 12.1 Å². The predicted molar refractivity (Wildman–Crippen MR) is 66.3 cm³/mol. The third-order valence-corrected chi connectivity index (χ3v) is 3.27. The maximum absolute atomic E-state index is 12.7. The van der Waals surface area contributed by atoms with Gasteiger partial charge in [-0.3, -0.25) is 4.79 Å². The van der Waals surface area contributed by atoms with Gasteiger partial charge in [0.2, 0.25) is 0 Å². The number of carbonyl (C=O) groups is 1. The molecule has 2 rings (SSSR count). The first-order valence-electron chi connectivity index (χ1n) is 6.31. The first kappa shape index (κ1) is 15.8. The summed E-state index contributed by atoms with van der Waals surface area (Å²) in [7, 11) is 1.25. The van der Waals surface area contributed by atoms with Crippen molar-refractivity contribution in [1.29, 1.82) is 0 Å². The van der Waals surface area contributed by atoms with Gasteiger partial charge in [0.1, 0.15) is 0 Å². The van der Waals surface area contributed by atoms with Gasteiger partial charge in [0, 0.05) is 5.56 Å². The van der Waals surface area contributed by atoms with Crippen molar-refractivity contribution in [2.45, 2.75) is 31.4 Å². The molecule has 1 aromatic carbocycles. The third kappa shape index (κ3) is 3.54. The number of halogens is 3. The lowest BCUT2D eigenvalue weighted by atomic mass is 10.0. The standard InChI is InChI=1S/C14H15F3O4/c1-13(20-8-11(21-13)7-12(18)19-2)9-4-3-5-10(6-9)14(15,16)17/h3-6,11H,7-8H2,1-2H3. The number of benzene rings is 1. The van der Waals surface area contributed by atoms with Gasteiger partial charge in [-0.2, -0.15) is 13.2 Å². The highest BCUT2D eigenvalue weighted by atomic mass is 19.4. The highest BCUT2D eigenvalue weighted by Crippen LogP contribution is 2.37. The van der Waals surface area contributed by atoms with E-state index in [1.54, 1.807) is 0 Å². The molecule has 1 heterocycles. The molecule has 7 heteroatoms. The Bertz CT molecular complexity index is 529. The number of hydrogen-bond acceptors (Lipinski definition) is 4. The minimum Gasteiger partial charge on any atom is -0.469 e.